The lowest BCUT2D eigenvalue weighted by Gasteiger charge is -2.15. The molecule has 0 bridgehead atoms. The SMILES string of the molecule is COc1ccc(NC(=O)Cc2ccc(-c3ccc(-c4nnc(C)o4)cc3C)cc2)cc1OCCN(C)C. The Morgan fingerprint density at radius 3 is 2.35 bits per heavy atom. The van der Waals surface area contributed by atoms with E-state index in [-0.39, 0.29) is 12.3 Å². The van der Waals surface area contributed by atoms with E-state index in [4.69, 9.17) is 13.9 Å². The number of anilines is 1. The number of aromatic nitrogens is 2. The molecule has 0 aliphatic rings. The Kier molecular flexibility index (Phi) is 8.20. The highest BCUT2D eigenvalue weighted by molar-refractivity contribution is 5.92. The Balaban J connectivity index is 1.39. The van der Waals surface area contributed by atoms with Crippen molar-refractivity contribution < 1.29 is 18.7 Å². The zero-order chi connectivity index (χ0) is 26.4. The van der Waals surface area contributed by atoms with E-state index in [9.17, 15) is 4.79 Å². The number of hydrogen-bond donors (Lipinski definition) is 1. The number of likely N-dealkylation sites (N-methyl/N-ethyl adjacent to an activating group) is 1. The summed E-state index contributed by atoms with van der Waals surface area (Å²) >= 11 is 0. The number of ether oxygens (including phenoxy) is 2. The van der Waals surface area contributed by atoms with Gasteiger partial charge in [0, 0.05) is 30.8 Å². The second kappa shape index (κ2) is 11.7. The van der Waals surface area contributed by atoms with Crippen LogP contribution >= 0.6 is 0 Å². The number of nitrogens with one attached hydrogen (secondary N) is 1. The first-order valence-electron chi connectivity index (χ1n) is 12.1. The van der Waals surface area contributed by atoms with Gasteiger partial charge in [-0.25, -0.2) is 0 Å². The number of carbonyl (C=O) groups excluding carboxylic acids is 1. The van der Waals surface area contributed by atoms with Crippen molar-refractivity contribution in [3.05, 3.63) is 77.7 Å². The summed E-state index contributed by atoms with van der Waals surface area (Å²) < 4.78 is 16.8. The van der Waals surface area contributed by atoms with Gasteiger partial charge in [0.2, 0.25) is 17.7 Å². The first kappa shape index (κ1) is 25.9. The van der Waals surface area contributed by atoms with Crippen molar-refractivity contribution in [1.29, 1.82) is 0 Å². The smallest absolute Gasteiger partial charge is 0.247 e. The Hall–Kier alpha value is -4.17. The van der Waals surface area contributed by atoms with Gasteiger partial charge in [-0.05, 0) is 67.5 Å². The van der Waals surface area contributed by atoms with Crippen LogP contribution in [0, 0.1) is 13.8 Å². The summed E-state index contributed by atoms with van der Waals surface area (Å²) in [7, 11) is 5.57. The summed E-state index contributed by atoms with van der Waals surface area (Å²) in [5.41, 5.74) is 5.75. The molecule has 1 heterocycles. The minimum Gasteiger partial charge on any atom is -0.493 e. The third-order valence-corrected chi connectivity index (χ3v) is 5.87. The molecule has 0 spiro atoms. The van der Waals surface area contributed by atoms with E-state index >= 15 is 0 Å². The second-order valence-corrected chi connectivity index (χ2v) is 9.10. The van der Waals surface area contributed by atoms with Crippen molar-refractivity contribution in [2.45, 2.75) is 20.3 Å². The van der Waals surface area contributed by atoms with Gasteiger partial charge < -0.3 is 24.1 Å². The second-order valence-electron chi connectivity index (χ2n) is 9.10. The topological polar surface area (TPSA) is 89.7 Å². The maximum absolute atomic E-state index is 12.7. The van der Waals surface area contributed by atoms with Crippen molar-refractivity contribution in [2.75, 3.05) is 39.7 Å². The third kappa shape index (κ3) is 6.74. The minimum absolute atomic E-state index is 0.104. The zero-order valence-electron chi connectivity index (χ0n) is 21.9. The van der Waals surface area contributed by atoms with Gasteiger partial charge in [0.05, 0.1) is 13.5 Å². The van der Waals surface area contributed by atoms with E-state index in [1.165, 1.54) is 0 Å². The Morgan fingerprint density at radius 2 is 1.70 bits per heavy atom. The number of benzene rings is 3. The Morgan fingerprint density at radius 1 is 0.946 bits per heavy atom. The van der Waals surface area contributed by atoms with Gasteiger partial charge in [-0.15, -0.1) is 10.2 Å². The molecular formula is C29H32N4O4. The summed E-state index contributed by atoms with van der Waals surface area (Å²) in [5.74, 6) is 2.17. The van der Waals surface area contributed by atoms with Crippen LogP contribution in [-0.4, -0.2) is 55.4 Å². The molecule has 0 aliphatic heterocycles. The molecule has 1 amide bonds. The van der Waals surface area contributed by atoms with E-state index in [1.807, 2.05) is 61.5 Å². The predicted octanol–water partition coefficient (Wildman–Crippen LogP) is 5.15. The highest BCUT2D eigenvalue weighted by atomic mass is 16.5. The highest BCUT2D eigenvalue weighted by Crippen LogP contribution is 2.31. The first-order valence-corrected chi connectivity index (χ1v) is 12.1. The molecule has 37 heavy (non-hydrogen) atoms. The van der Waals surface area contributed by atoms with Gasteiger partial charge in [0.1, 0.15) is 6.61 Å². The molecule has 0 saturated carbocycles. The third-order valence-electron chi connectivity index (χ3n) is 5.87. The Bertz CT molecular complexity index is 1360. The molecule has 0 atom stereocenters. The first-order chi connectivity index (χ1) is 17.8. The van der Waals surface area contributed by atoms with Gasteiger partial charge in [0.25, 0.3) is 0 Å². The van der Waals surface area contributed by atoms with E-state index in [2.05, 4.69) is 22.4 Å². The van der Waals surface area contributed by atoms with E-state index in [1.54, 1.807) is 32.2 Å². The monoisotopic (exact) mass is 500 g/mol. The van der Waals surface area contributed by atoms with Crippen LogP contribution in [0.1, 0.15) is 17.0 Å². The lowest BCUT2D eigenvalue weighted by Crippen LogP contribution is -2.19. The van der Waals surface area contributed by atoms with E-state index < -0.39 is 0 Å². The van der Waals surface area contributed by atoms with Crippen LogP contribution < -0.4 is 14.8 Å². The van der Waals surface area contributed by atoms with Crippen molar-refractivity contribution in [1.82, 2.24) is 15.1 Å². The van der Waals surface area contributed by atoms with Crippen molar-refractivity contribution in [3.63, 3.8) is 0 Å². The molecular weight excluding hydrogens is 468 g/mol. The number of nitrogens with zero attached hydrogens (tertiary/aromatic N) is 3. The lowest BCUT2D eigenvalue weighted by atomic mass is 9.97. The molecule has 192 valence electrons. The molecule has 0 aliphatic carbocycles. The molecule has 3 aromatic carbocycles. The molecule has 4 aromatic rings. The number of aryl methyl sites for hydroxylation is 2. The number of carbonyl (C=O) groups is 1. The number of methoxy groups -OCH3 is 1. The Labute approximate surface area is 217 Å². The van der Waals surface area contributed by atoms with E-state index in [0.717, 1.165) is 34.4 Å². The molecule has 0 radical (unpaired) electrons. The molecule has 8 heteroatoms. The molecule has 4 rings (SSSR count). The summed E-state index contributed by atoms with van der Waals surface area (Å²) in [6, 6.07) is 19.5. The largest absolute Gasteiger partial charge is 0.493 e. The number of amides is 1. The molecule has 0 saturated heterocycles. The number of rotatable bonds is 10. The molecule has 0 unspecified atom stereocenters. The van der Waals surface area contributed by atoms with Crippen molar-refractivity contribution >= 4 is 11.6 Å². The van der Waals surface area contributed by atoms with Crippen LogP contribution in [0.5, 0.6) is 11.5 Å². The summed E-state index contributed by atoms with van der Waals surface area (Å²) in [4.78, 5) is 14.8. The van der Waals surface area contributed by atoms with E-state index in [0.29, 0.717) is 35.6 Å². The van der Waals surface area contributed by atoms with Crippen LogP contribution in [0.15, 0.2) is 65.1 Å². The van der Waals surface area contributed by atoms with Gasteiger partial charge in [-0.1, -0.05) is 30.3 Å². The average molecular weight is 501 g/mol. The number of hydrogen-bond acceptors (Lipinski definition) is 7. The standard InChI is InChI=1S/C29H32N4O4/c1-19-16-23(29-32-31-20(2)37-29)10-12-25(19)22-8-6-21(7-9-22)17-28(34)30-24-11-13-26(35-5)27(18-24)36-15-14-33(3)4/h6-13,16,18H,14-15,17H2,1-5H3,(H,30,34). The highest BCUT2D eigenvalue weighted by Gasteiger charge is 2.12. The summed E-state index contributed by atoms with van der Waals surface area (Å²) in [6.45, 7) is 5.12. The molecule has 1 aromatic heterocycles. The lowest BCUT2D eigenvalue weighted by molar-refractivity contribution is -0.115. The fourth-order valence-electron chi connectivity index (χ4n) is 3.93. The molecule has 8 nitrogen and oxygen atoms in total. The van der Waals surface area contributed by atoms with Crippen LogP contribution in [0.2, 0.25) is 0 Å². The van der Waals surface area contributed by atoms with Crippen LogP contribution in [-0.2, 0) is 11.2 Å². The summed E-state index contributed by atoms with van der Waals surface area (Å²) in [5, 5.41) is 10.9. The van der Waals surface area contributed by atoms with Crippen molar-refractivity contribution in [2.24, 2.45) is 0 Å². The van der Waals surface area contributed by atoms with Crippen LogP contribution in [0.3, 0.4) is 0 Å². The predicted molar refractivity (Wildman–Crippen MR) is 144 cm³/mol. The van der Waals surface area contributed by atoms with Gasteiger partial charge >= 0.3 is 0 Å². The zero-order valence-corrected chi connectivity index (χ0v) is 21.9. The maximum Gasteiger partial charge on any atom is 0.247 e. The molecule has 0 fully saturated rings. The summed E-state index contributed by atoms with van der Waals surface area (Å²) in [6.07, 6.45) is 0.261. The normalized spacial score (nSPS) is 11.0. The van der Waals surface area contributed by atoms with Crippen LogP contribution in [0.25, 0.3) is 22.6 Å². The fraction of sp³-hybridized carbons (Fsp3) is 0.276. The van der Waals surface area contributed by atoms with Gasteiger partial charge in [-0.2, -0.15) is 0 Å². The van der Waals surface area contributed by atoms with Gasteiger partial charge in [-0.3, -0.25) is 4.79 Å². The van der Waals surface area contributed by atoms with Crippen molar-refractivity contribution in [3.8, 4) is 34.1 Å². The average Bonchev–Trinajstić information content (AvgIpc) is 3.31. The molecule has 1 N–H and O–H groups in total. The van der Waals surface area contributed by atoms with Crippen LogP contribution in [0.4, 0.5) is 5.69 Å². The van der Waals surface area contributed by atoms with Gasteiger partial charge in [0.15, 0.2) is 11.5 Å². The quantitative estimate of drug-likeness (QED) is 0.322. The minimum atomic E-state index is -0.104. The fourth-order valence-corrected chi connectivity index (χ4v) is 3.93. The maximum atomic E-state index is 12.7.